The number of phenolic OH excluding ortho intramolecular Hbond substituents is 1. The summed E-state index contributed by atoms with van der Waals surface area (Å²) in [7, 11) is 1.51. The van der Waals surface area contributed by atoms with E-state index in [1.54, 1.807) is 12.1 Å². The third-order valence-corrected chi connectivity index (χ3v) is 3.55. The fourth-order valence-corrected chi connectivity index (χ4v) is 2.25. The first kappa shape index (κ1) is 17.5. The maximum Gasteiger partial charge on any atom is 0.160 e. The van der Waals surface area contributed by atoms with Gasteiger partial charge in [-0.2, -0.15) is 0 Å². The van der Waals surface area contributed by atoms with Gasteiger partial charge in [0.15, 0.2) is 11.5 Å². The molecule has 0 fully saturated rings. The summed E-state index contributed by atoms with van der Waals surface area (Å²) < 4.78 is 5.05. The Bertz CT molecular complexity index is 429. The normalized spacial score (nSPS) is 10.6. The van der Waals surface area contributed by atoms with Crippen molar-refractivity contribution in [1.29, 1.82) is 0 Å². The summed E-state index contributed by atoms with van der Waals surface area (Å²) in [4.78, 5) is 11.8. The molecule has 0 atom stereocenters. The van der Waals surface area contributed by atoms with Crippen LogP contribution in [0.1, 0.15) is 50.5 Å². The number of Topliss-reactive ketones (excluding diaryl/α,β-unsaturated/α-hetero) is 1. The number of hydrogen-bond donors (Lipinski definition) is 2. The van der Waals surface area contributed by atoms with Gasteiger partial charge in [0.05, 0.1) is 7.11 Å². The fourth-order valence-electron chi connectivity index (χ4n) is 2.25. The molecule has 4 heteroatoms. The largest absolute Gasteiger partial charge is 0.504 e. The zero-order valence-electron chi connectivity index (χ0n) is 12.8. The molecule has 1 aromatic carbocycles. The summed E-state index contributed by atoms with van der Waals surface area (Å²) in [5.74, 6) is 0.850. The van der Waals surface area contributed by atoms with Crippen molar-refractivity contribution in [2.45, 2.75) is 51.4 Å². The molecular formula is C17H26O4. The Kier molecular flexibility index (Phi) is 8.51. The SMILES string of the molecule is COc1cc(CCC(=O)CCCCCCCO)ccc1O. The Morgan fingerprint density at radius 3 is 2.52 bits per heavy atom. The molecule has 0 saturated carbocycles. The van der Waals surface area contributed by atoms with Crippen LogP contribution in [0.15, 0.2) is 18.2 Å². The summed E-state index contributed by atoms with van der Waals surface area (Å²) in [6, 6.07) is 5.19. The number of methoxy groups -OCH3 is 1. The Morgan fingerprint density at radius 2 is 1.81 bits per heavy atom. The third-order valence-electron chi connectivity index (χ3n) is 3.55. The van der Waals surface area contributed by atoms with Gasteiger partial charge in [0.1, 0.15) is 5.78 Å². The van der Waals surface area contributed by atoms with Gasteiger partial charge >= 0.3 is 0 Å². The molecule has 0 aliphatic heterocycles. The molecule has 0 saturated heterocycles. The maximum atomic E-state index is 11.8. The van der Waals surface area contributed by atoms with E-state index >= 15 is 0 Å². The number of hydrogen-bond acceptors (Lipinski definition) is 4. The molecule has 2 N–H and O–H groups in total. The minimum Gasteiger partial charge on any atom is -0.504 e. The first-order chi connectivity index (χ1) is 10.2. The molecule has 4 nitrogen and oxygen atoms in total. The highest BCUT2D eigenvalue weighted by molar-refractivity contribution is 5.78. The summed E-state index contributed by atoms with van der Waals surface area (Å²) in [5.41, 5.74) is 1.00. The summed E-state index contributed by atoms with van der Waals surface area (Å²) in [5, 5.41) is 18.2. The van der Waals surface area contributed by atoms with Crippen LogP contribution < -0.4 is 4.74 Å². The highest BCUT2D eigenvalue weighted by Gasteiger charge is 2.06. The molecule has 1 rings (SSSR count). The Labute approximate surface area is 126 Å². The Hall–Kier alpha value is -1.55. The lowest BCUT2D eigenvalue weighted by atomic mass is 10.0. The van der Waals surface area contributed by atoms with Crippen LogP contribution in [-0.4, -0.2) is 29.7 Å². The second-order valence-corrected chi connectivity index (χ2v) is 5.29. The summed E-state index contributed by atoms with van der Waals surface area (Å²) in [6.45, 7) is 0.259. The molecule has 118 valence electrons. The Balaban J connectivity index is 2.21. The number of aliphatic hydroxyl groups is 1. The van der Waals surface area contributed by atoms with Gasteiger partial charge < -0.3 is 14.9 Å². The minimum atomic E-state index is 0.121. The van der Waals surface area contributed by atoms with Crippen molar-refractivity contribution < 1.29 is 19.7 Å². The highest BCUT2D eigenvalue weighted by Crippen LogP contribution is 2.26. The monoisotopic (exact) mass is 294 g/mol. The van der Waals surface area contributed by atoms with Gasteiger partial charge in [-0.15, -0.1) is 0 Å². The van der Waals surface area contributed by atoms with Crippen LogP contribution in [0.2, 0.25) is 0 Å². The van der Waals surface area contributed by atoms with E-state index in [-0.39, 0.29) is 18.1 Å². The number of ether oxygens (including phenoxy) is 1. The molecule has 0 spiro atoms. The van der Waals surface area contributed by atoms with Crippen molar-refractivity contribution in [2.75, 3.05) is 13.7 Å². The first-order valence-corrected chi connectivity index (χ1v) is 7.66. The van der Waals surface area contributed by atoms with E-state index in [0.717, 1.165) is 37.7 Å². The zero-order chi connectivity index (χ0) is 15.5. The molecule has 0 unspecified atom stereocenters. The first-order valence-electron chi connectivity index (χ1n) is 7.66. The van der Waals surface area contributed by atoms with E-state index in [9.17, 15) is 9.90 Å². The fraction of sp³-hybridized carbons (Fsp3) is 0.588. The van der Waals surface area contributed by atoms with Crippen LogP contribution in [-0.2, 0) is 11.2 Å². The smallest absolute Gasteiger partial charge is 0.160 e. The number of aromatic hydroxyl groups is 1. The van der Waals surface area contributed by atoms with Gasteiger partial charge in [-0.1, -0.05) is 25.3 Å². The van der Waals surface area contributed by atoms with E-state index in [2.05, 4.69) is 0 Å². The van der Waals surface area contributed by atoms with Gasteiger partial charge in [0.25, 0.3) is 0 Å². The summed E-state index contributed by atoms with van der Waals surface area (Å²) >= 11 is 0. The number of carbonyl (C=O) groups is 1. The highest BCUT2D eigenvalue weighted by atomic mass is 16.5. The van der Waals surface area contributed by atoms with E-state index in [4.69, 9.17) is 9.84 Å². The second-order valence-electron chi connectivity index (χ2n) is 5.29. The summed E-state index contributed by atoms with van der Waals surface area (Å²) in [6.07, 6.45) is 6.82. The molecular weight excluding hydrogens is 268 g/mol. The average molecular weight is 294 g/mol. The molecule has 0 aliphatic carbocycles. The number of benzene rings is 1. The van der Waals surface area contributed by atoms with Crippen molar-refractivity contribution in [3.63, 3.8) is 0 Å². The number of aryl methyl sites for hydroxylation is 1. The predicted octanol–water partition coefficient (Wildman–Crippen LogP) is 3.24. The minimum absolute atomic E-state index is 0.121. The van der Waals surface area contributed by atoms with E-state index in [1.807, 2.05) is 6.07 Å². The number of aliphatic hydroxyl groups excluding tert-OH is 1. The molecule has 0 amide bonds. The Morgan fingerprint density at radius 1 is 1.10 bits per heavy atom. The van der Waals surface area contributed by atoms with Crippen molar-refractivity contribution in [2.24, 2.45) is 0 Å². The second kappa shape index (κ2) is 10.2. The molecule has 0 heterocycles. The standard InChI is InChI=1S/C17H26O4/c1-21-17-13-14(9-11-16(17)20)8-10-15(19)7-5-3-2-4-6-12-18/h9,11,13,18,20H,2-8,10,12H2,1H3. The number of carbonyl (C=O) groups excluding carboxylic acids is 1. The number of unbranched alkanes of at least 4 members (excludes halogenated alkanes) is 4. The van der Waals surface area contributed by atoms with Gasteiger partial charge in [-0.3, -0.25) is 4.79 Å². The van der Waals surface area contributed by atoms with Gasteiger partial charge in [0, 0.05) is 19.4 Å². The van der Waals surface area contributed by atoms with Gasteiger partial charge in [0.2, 0.25) is 0 Å². The predicted molar refractivity (Wildman–Crippen MR) is 82.8 cm³/mol. The quantitative estimate of drug-likeness (QED) is 0.615. The van der Waals surface area contributed by atoms with E-state index < -0.39 is 0 Å². The maximum absolute atomic E-state index is 11.8. The van der Waals surface area contributed by atoms with Crippen molar-refractivity contribution in [1.82, 2.24) is 0 Å². The molecule has 21 heavy (non-hydrogen) atoms. The van der Waals surface area contributed by atoms with Crippen LogP contribution in [0.4, 0.5) is 0 Å². The van der Waals surface area contributed by atoms with Gasteiger partial charge in [-0.25, -0.2) is 0 Å². The van der Waals surface area contributed by atoms with Crippen LogP contribution in [0.5, 0.6) is 11.5 Å². The topological polar surface area (TPSA) is 66.8 Å². The molecule has 0 bridgehead atoms. The lowest BCUT2D eigenvalue weighted by Crippen LogP contribution is -2.00. The van der Waals surface area contributed by atoms with E-state index in [0.29, 0.717) is 25.0 Å². The number of phenols is 1. The van der Waals surface area contributed by atoms with Crippen molar-refractivity contribution >= 4 is 5.78 Å². The zero-order valence-corrected chi connectivity index (χ0v) is 12.8. The van der Waals surface area contributed by atoms with Crippen LogP contribution in [0.25, 0.3) is 0 Å². The lowest BCUT2D eigenvalue weighted by molar-refractivity contribution is -0.119. The number of ketones is 1. The molecule has 0 radical (unpaired) electrons. The molecule has 0 aliphatic rings. The molecule has 1 aromatic rings. The van der Waals surface area contributed by atoms with Crippen LogP contribution in [0.3, 0.4) is 0 Å². The van der Waals surface area contributed by atoms with Crippen molar-refractivity contribution in [3.05, 3.63) is 23.8 Å². The third kappa shape index (κ3) is 7.14. The lowest BCUT2D eigenvalue weighted by Gasteiger charge is -2.06. The van der Waals surface area contributed by atoms with Crippen molar-refractivity contribution in [3.8, 4) is 11.5 Å². The van der Waals surface area contributed by atoms with E-state index in [1.165, 1.54) is 7.11 Å². The number of rotatable bonds is 11. The van der Waals surface area contributed by atoms with Crippen LogP contribution in [0, 0.1) is 0 Å². The van der Waals surface area contributed by atoms with Gasteiger partial charge in [-0.05, 0) is 37.0 Å². The average Bonchev–Trinajstić information content (AvgIpc) is 2.50. The van der Waals surface area contributed by atoms with Crippen LogP contribution >= 0.6 is 0 Å². The molecule has 0 aromatic heterocycles.